The standard InChI is InChI=1S/C16H26N2O3/c1-11-7-6-8-14(20-5)13(11)9-12(17)10-18-15(19)21-16(2,3)4/h6-8,12H,9-10,17H2,1-5H3,(H,18,19). The molecule has 0 spiro atoms. The fourth-order valence-electron chi connectivity index (χ4n) is 1.99. The third kappa shape index (κ3) is 6.04. The van der Waals surface area contributed by atoms with Gasteiger partial charge in [-0.3, -0.25) is 0 Å². The number of alkyl carbamates (subject to hydrolysis) is 1. The van der Waals surface area contributed by atoms with Crippen LogP contribution in [0.3, 0.4) is 0 Å². The Morgan fingerprint density at radius 2 is 2.05 bits per heavy atom. The average molecular weight is 294 g/mol. The van der Waals surface area contributed by atoms with Gasteiger partial charge in [-0.1, -0.05) is 12.1 Å². The second-order valence-corrected chi connectivity index (χ2v) is 6.10. The molecule has 0 radical (unpaired) electrons. The first kappa shape index (κ1) is 17.3. The van der Waals surface area contributed by atoms with Gasteiger partial charge in [-0.2, -0.15) is 0 Å². The maximum Gasteiger partial charge on any atom is 0.407 e. The zero-order valence-corrected chi connectivity index (χ0v) is 13.5. The summed E-state index contributed by atoms with van der Waals surface area (Å²) in [4.78, 5) is 11.6. The third-order valence-electron chi connectivity index (χ3n) is 2.96. The zero-order valence-electron chi connectivity index (χ0n) is 13.5. The van der Waals surface area contributed by atoms with Crippen LogP contribution in [0.25, 0.3) is 0 Å². The van der Waals surface area contributed by atoms with Crippen molar-refractivity contribution in [2.24, 2.45) is 5.73 Å². The zero-order chi connectivity index (χ0) is 16.0. The Kier molecular flexibility index (Phi) is 6.03. The van der Waals surface area contributed by atoms with E-state index in [4.69, 9.17) is 15.2 Å². The van der Waals surface area contributed by atoms with E-state index in [2.05, 4.69) is 5.32 Å². The molecule has 0 aliphatic heterocycles. The smallest absolute Gasteiger partial charge is 0.407 e. The second kappa shape index (κ2) is 7.31. The summed E-state index contributed by atoms with van der Waals surface area (Å²) in [6, 6.07) is 5.68. The summed E-state index contributed by atoms with van der Waals surface area (Å²) in [5, 5.41) is 2.69. The molecule has 0 aromatic heterocycles. The van der Waals surface area contributed by atoms with E-state index in [1.54, 1.807) is 7.11 Å². The fourth-order valence-corrected chi connectivity index (χ4v) is 1.99. The Balaban J connectivity index is 2.55. The molecule has 0 aliphatic carbocycles. The quantitative estimate of drug-likeness (QED) is 0.874. The molecule has 5 heteroatoms. The molecule has 0 bridgehead atoms. The molecule has 0 saturated heterocycles. The van der Waals surface area contributed by atoms with Gasteiger partial charge in [0, 0.05) is 12.6 Å². The predicted octanol–water partition coefficient (Wildman–Crippen LogP) is 2.40. The Hall–Kier alpha value is -1.75. The minimum absolute atomic E-state index is 0.201. The lowest BCUT2D eigenvalue weighted by Crippen LogP contribution is -2.41. The van der Waals surface area contributed by atoms with Crippen molar-refractivity contribution in [1.82, 2.24) is 5.32 Å². The molecule has 118 valence electrons. The van der Waals surface area contributed by atoms with E-state index in [0.29, 0.717) is 13.0 Å². The summed E-state index contributed by atoms with van der Waals surface area (Å²) in [5.41, 5.74) is 7.77. The average Bonchev–Trinajstić information content (AvgIpc) is 2.37. The molecule has 1 amide bonds. The van der Waals surface area contributed by atoms with Crippen LogP contribution in [-0.2, 0) is 11.2 Å². The Morgan fingerprint density at radius 1 is 1.38 bits per heavy atom. The molecule has 1 rings (SSSR count). The van der Waals surface area contributed by atoms with Crippen molar-refractivity contribution in [3.05, 3.63) is 29.3 Å². The number of nitrogens with one attached hydrogen (secondary N) is 1. The van der Waals surface area contributed by atoms with E-state index in [9.17, 15) is 4.79 Å². The Morgan fingerprint density at radius 3 is 2.62 bits per heavy atom. The lowest BCUT2D eigenvalue weighted by atomic mass is 10.0. The van der Waals surface area contributed by atoms with Crippen LogP contribution in [0.1, 0.15) is 31.9 Å². The third-order valence-corrected chi connectivity index (χ3v) is 2.96. The number of ether oxygens (including phenoxy) is 2. The van der Waals surface area contributed by atoms with Gasteiger partial charge >= 0.3 is 6.09 Å². The molecular weight excluding hydrogens is 268 g/mol. The molecule has 0 fully saturated rings. The molecule has 0 heterocycles. The lowest BCUT2D eigenvalue weighted by molar-refractivity contribution is 0.0524. The van der Waals surface area contributed by atoms with E-state index in [-0.39, 0.29) is 6.04 Å². The van der Waals surface area contributed by atoms with E-state index < -0.39 is 11.7 Å². The highest BCUT2D eigenvalue weighted by atomic mass is 16.6. The molecule has 3 N–H and O–H groups in total. The van der Waals surface area contributed by atoms with Crippen LogP contribution >= 0.6 is 0 Å². The van der Waals surface area contributed by atoms with Gasteiger partial charge in [-0.05, 0) is 51.3 Å². The summed E-state index contributed by atoms with van der Waals surface area (Å²) in [7, 11) is 1.64. The van der Waals surface area contributed by atoms with Crippen molar-refractivity contribution < 1.29 is 14.3 Å². The largest absolute Gasteiger partial charge is 0.496 e. The van der Waals surface area contributed by atoms with Crippen molar-refractivity contribution >= 4 is 6.09 Å². The van der Waals surface area contributed by atoms with Gasteiger partial charge in [0.2, 0.25) is 0 Å². The van der Waals surface area contributed by atoms with Gasteiger partial charge < -0.3 is 20.5 Å². The SMILES string of the molecule is COc1cccc(C)c1CC(N)CNC(=O)OC(C)(C)C. The van der Waals surface area contributed by atoms with Crippen LogP contribution in [0.4, 0.5) is 4.79 Å². The molecule has 1 aromatic carbocycles. The summed E-state index contributed by atoms with van der Waals surface area (Å²) >= 11 is 0. The highest BCUT2D eigenvalue weighted by Gasteiger charge is 2.17. The van der Waals surface area contributed by atoms with Crippen LogP contribution in [0, 0.1) is 6.92 Å². The van der Waals surface area contributed by atoms with E-state index >= 15 is 0 Å². The molecule has 5 nitrogen and oxygen atoms in total. The molecule has 1 aromatic rings. The van der Waals surface area contributed by atoms with Crippen LogP contribution in [-0.4, -0.2) is 31.4 Å². The van der Waals surface area contributed by atoms with Crippen LogP contribution < -0.4 is 15.8 Å². The normalized spacial score (nSPS) is 12.7. The minimum Gasteiger partial charge on any atom is -0.496 e. The van der Waals surface area contributed by atoms with Crippen molar-refractivity contribution in [2.75, 3.05) is 13.7 Å². The molecule has 1 atom stereocenters. The molecule has 21 heavy (non-hydrogen) atoms. The van der Waals surface area contributed by atoms with Crippen molar-refractivity contribution in [1.29, 1.82) is 0 Å². The van der Waals surface area contributed by atoms with Crippen molar-refractivity contribution in [3.8, 4) is 5.75 Å². The summed E-state index contributed by atoms with van der Waals surface area (Å²) < 4.78 is 10.5. The molecule has 0 saturated carbocycles. The number of nitrogens with two attached hydrogens (primary N) is 1. The summed E-state index contributed by atoms with van der Waals surface area (Å²) in [6.45, 7) is 7.85. The van der Waals surface area contributed by atoms with Gasteiger partial charge in [-0.15, -0.1) is 0 Å². The number of hydrogen-bond acceptors (Lipinski definition) is 4. The number of rotatable bonds is 5. The number of aryl methyl sites for hydroxylation is 1. The first-order chi connectivity index (χ1) is 9.73. The van der Waals surface area contributed by atoms with E-state index in [1.165, 1.54) is 0 Å². The van der Waals surface area contributed by atoms with Gasteiger partial charge in [-0.25, -0.2) is 4.79 Å². The number of benzene rings is 1. The number of methoxy groups -OCH3 is 1. The maximum absolute atomic E-state index is 11.6. The highest BCUT2D eigenvalue weighted by Crippen LogP contribution is 2.22. The maximum atomic E-state index is 11.6. The fraction of sp³-hybridized carbons (Fsp3) is 0.562. The van der Waals surface area contributed by atoms with Crippen LogP contribution in [0.2, 0.25) is 0 Å². The summed E-state index contributed by atoms with van der Waals surface area (Å²) in [6.07, 6.45) is 0.181. The molecule has 1 unspecified atom stereocenters. The number of amides is 1. The molecular formula is C16H26N2O3. The first-order valence-electron chi connectivity index (χ1n) is 7.08. The van der Waals surface area contributed by atoms with E-state index in [0.717, 1.165) is 16.9 Å². The second-order valence-electron chi connectivity index (χ2n) is 6.10. The van der Waals surface area contributed by atoms with Gasteiger partial charge in [0.25, 0.3) is 0 Å². The molecule has 0 aliphatic rings. The highest BCUT2D eigenvalue weighted by molar-refractivity contribution is 5.67. The first-order valence-corrected chi connectivity index (χ1v) is 7.08. The Labute approximate surface area is 126 Å². The lowest BCUT2D eigenvalue weighted by Gasteiger charge is -2.21. The minimum atomic E-state index is -0.507. The number of carbonyl (C=O) groups excluding carboxylic acids is 1. The summed E-state index contributed by atoms with van der Waals surface area (Å²) in [5.74, 6) is 0.822. The van der Waals surface area contributed by atoms with Crippen LogP contribution in [0.15, 0.2) is 18.2 Å². The monoisotopic (exact) mass is 294 g/mol. The number of hydrogen-bond donors (Lipinski definition) is 2. The van der Waals surface area contributed by atoms with Gasteiger partial charge in [0.05, 0.1) is 7.11 Å². The van der Waals surface area contributed by atoms with Crippen molar-refractivity contribution in [2.45, 2.75) is 45.8 Å². The predicted molar refractivity (Wildman–Crippen MR) is 83.6 cm³/mol. The van der Waals surface area contributed by atoms with Gasteiger partial charge in [0.15, 0.2) is 0 Å². The van der Waals surface area contributed by atoms with E-state index in [1.807, 2.05) is 45.9 Å². The number of carbonyl (C=O) groups is 1. The Bertz CT molecular complexity index is 481. The van der Waals surface area contributed by atoms with Gasteiger partial charge in [0.1, 0.15) is 11.4 Å². The topological polar surface area (TPSA) is 73.6 Å². The van der Waals surface area contributed by atoms with Crippen molar-refractivity contribution in [3.63, 3.8) is 0 Å². The van der Waals surface area contributed by atoms with Crippen LogP contribution in [0.5, 0.6) is 5.75 Å².